The first-order valence-electron chi connectivity index (χ1n) is 5.76. The van der Waals surface area contributed by atoms with E-state index in [9.17, 15) is 4.79 Å². The molecule has 1 atom stereocenters. The summed E-state index contributed by atoms with van der Waals surface area (Å²) in [4.78, 5) is 14.3. The third kappa shape index (κ3) is 1.59. The molecule has 0 radical (unpaired) electrons. The van der Waals surface area contributed by atoms with Crippen LogP contribution in [0.4, 0.5) is 5.69 Å². The Bertz CT molecular complexity index is 489. The van der Waals surface area contributed by atoms with E-state index in [-0.39, 0.29) is 12.1 Å². The first-order valence-corrected chi connectivity index (χ1v) is 6.13. The molecule has 1 aromatic rings. The molecule has 1 unspecified atom stereocenters. The van der Waals surface area contributed by atoms with Crippen LogP contribution < -0.4 is 15.5 Å². The maximum atomic E-state index is 12.1. The van der Waals surface area contributed by atoms with Gasteiger partial charge in [-0.25, -0.2) is 0 Å². The number of aryl methyl sites for hydroxylation is 1. The van der Waals surface area contributed by atoms with Crippen LogP contribution in [0.5, 0.6) is 0 Å². The lowest BCUT2D eigenvalue weighted by molar-refractivity contribution is 0.0923. The molecule has 0 bridgehead atoms. The number of halogens is 1. The highest BCUT2D eigenvalue weighted by Crippen LogP contribution is 2.34. The molecular formula is C12H14ClN3O. The minimum Gasteiger partial charge on any atom is -0.348 e. The average molecular weight is 252 g/mol. The normalized spacial score (nSPS) is 22.8. The lowest BCUT2D eigenvalue weighted by atomic mass is 10.0. The zero-order chi connectivity index (χ0) is 12.0. The molecule has 1 aromatic carbocycles. The molecule has 3 rings (SSSR count). The first-order chi connectivity index (χ1) is 8.18. The zero-order valence-electron chi connectivity index (χ0n) is 9.59. The molecule has 2 aliphatic heterocycles. The molecule has 0 saturated carbocycles. The van der Waals surface area contributed by atoms with Crippen LogP contribution in [0.25, 0.3) is 0 Å². The fourth-order valence-corrected chi connectivity index (χ4v) is 2.72. The molecule has 90 valence electrons. The van der Waals surface area contributed by atoms with Gasteiger partial charge in [-0.15, -0.1) is 0 Å². The number of carbonyl (C=O) groups is 1. The van der Waals surface area contributed by atoms with Gasteiger partial charge in [-0.3, -0.25) is 4.79 Å². The molecule has 2 N–H and O–H groups in total. The number of fused-ring (bicyclic) bond motifs is 3. The van der Waals surface area contributed by atoms with Crippen molar-refractivity contribution in [1.82, 2.24) is 10.6 Å². The fourth-order valence-electron chi connectivity index (χ4n) is 2.47. The summed E-state index contributed by atoms with van der Waals surface area (Å²) in [6, 6.07) is 3.96. The van der Waals surface area contributed by atoms with E-state index >= 15 is 0 Å². The summed E-state index contributed by atoms with van der Waals surface area (Å²) < 4.78 is 0. The van der Waals surface area contributed by atoms with Gasteiger partial charge in [0.2, 0.25) is 0 Å². The molecule has 17 heavy (non-hydrogen) atoms. The van der Waals surface area contributed by atoms with Gasteiger partial charge in [-0.05, 0) is 18.6 Å². The number of hydrogen-bond acceptors (Lipinski definition) is 3. The van der Waals surface area contributed by atoms with E-state index in [1.165, 1.54) is 0 Å². The maximum absolute atomic E-state index is 12.1. The Balaban J connectivity index is 2.14. The first kappa shape index (κ1) is 10.9. The summed E-state index contributed by atoms with van der Waals surface area (Å²) in [6.45, 7) is 4.51. The smallest absolute Gasteiger partial charge is 0.256 e. The Labute approximate surface area is 105 Å². The second-order valence-electron chi connectivity index (χ2n) is 4.48. The summed E-state index contributed by atoms with van der Waals surface area (Å²) in [5, 5.41) is 6.82. The summed E-state index contributed by atoms with van der Waals surface area (Å²) in [5.41, 5.74) is 2.51. The van der Waals surface area contributed by atoms with E-state index in [0.29, 0.717) is 10.6 Å². The van der Waals surface area contributed by atoms with Crippen LogP contribution in [0.3, 0.4) is 0 Å². The van der Waals surface area contributed by atoms with Gasteiger partial charge in [0.1, 0.15) is 6.17 Å². The number of hydrogen-bond donors (Lipinski definition) is 2. The van der Waals surface area contributed by atoms with Crippen LogP contribution in [-0.4, -0.2) is 31.7 Å². The molecule has 1 saturated heterocycles. The van der Waals surface area contributed by atoms with Gasteiger partial charge in [-0.2, -0.15) is 0 Å². The molecule has 2 aliphatic rings. The lowest BCUT2D eigenvalue weighted by Crippen LogP contribution is -2.62. The van der Waals surface area contributed by atoms with Crippen LogP contribution in [0.15, 0.2) is 12.1 Å². The summed E-state index contributed by atoms with van der Waals surface area (Å²) in [6.07, 6.45) is 0.0440. The van der Waals surface area contributed by atoms with Crippen molar-refractivity contribution in [1.29, 1.82) is 0 Å². The third-order valence-electron chi connectivity index (χ3n) is 3.39. The molecule has 5 heteroatoms. The molecular weight excluding hydrogens is 238 g/mol. The van der Waals surface area contributed by atoms with Gasteiger partial charge in [0.15, 0.2) is 0 Å². The molecule has 0 aliphatic carbocycles. The lowest BCUT2D eigenvalue weighted by Gasteiger charge is -2.42. The molecule has 4 nitrogen and oxygen atoms in total. The standard InChI is InChI=1S/C12H14ClN3O/c1-7-2-3-8-10(11(7)13)12(17)15-9-6-14-4-5-16(8)9/h2-3,9,14H,4-6H2,1H3,(H,15,17). The molecule has 1 amide bonds. The van der Waals surface area contributed by atoms with Crippen molar-refractivity contribution in [3.05, 3.63) is 28.3 Å². The van der Waals surface area contributed by atoms with Crippen molar-refractivity contribution in [2.45, 2.75) is 13.1 Å². The van der Waals surface area contributed by atoms with Gasteiger partial charge >= 0.3 is 0 Å². The Hall–Kier alpha value is -1.26. The van der Waals surface area contributed by atoms with Crippen molar-refractivity contribution in [3.8, 4) is 0 Å². The number of piperazine rings is 1. The van der Waals surface area contributed by atoms with Gasteiger partial charge in [0.25, 0.3) is 5.91 Å². The highest BCUT2D eigenvalue weighted by Gasteiger charge is 2.33. The number of amides is 1. The Morgan fingerprint density at radius 3 is 3.12 bits per heavy atom. The SMILES string of the molecule is Cc1ccc2c(c1Cl)C(=O)NC1CNCCN21. The molecule has 0 aromatic heterocycles. The monoisotopic (exact) mass is 251 g/mol. The summed E-state index contributed by atoms with van der Waals surface area (Å²) in [7, 11) is 0. The van der Waals surface area contributed by atoms with Gasteiger partial charge in [0, 0.05) is 19.6 Å². The number of nitrogens with zero attached hydrogens (tertiary/aromatic N) is 1. The van der Waals surface area contributed by atoms with Crippen molar-refractivity contribution in [3.63, 3.8) is 0 Å². The Kier molecular flexibility index (Phi) is 2.49. The van der Waals surface area contributed by atoms with Crippen molar-refractivity contribution in [2.75, 3.05) is 24.5 Å². The van der Waals surface area contributed by atoms with E-state index in [1.807, 2.05) is 19.1 Å². The van der Waals surface area contributed by atoms with Gasteiger partial charge < -0.3 is 15.5 Å². The van der Waals surface area contributed by atoms with E-state index in [4.69, 9.17) is 11.6 Å². The highest BCUT2D eigenvalue weighted by molar-refractivity contribution is 6.35. The molecule has 0 spiro atoms. The number of rotatable bonds is 0. The minimum atomic E-state index is -0.0707. The molecule has 2 heterocycles. The molecule has 1 fully saturated rings. The van der Waals surface area contributed by atoms with Crippen LogP contribution in [-0.2, 0) is 0 Å². The predicted molar refractivity (Wildman–Crippen MR) is 67.7 cm³/mol. The predicted octanol–water partition coefficient (Wildman–Crippen LogP) is 1.13. The maximum Gasteiger partial charge on any atom is 0.256 e. The Morgan fingerprint density at radius 2 is 2.29 bits per heavy atom. The topological polar surface area (TPSA) is 44.4 Å². The Morgan fingerprint density at radius 1 is 1.47 bits per heavy atom. The zero-order valence-corrected chi connectivity index (χ0v) is 10.3. The summed E-state index contributed by atoms with van der Waals surface area (Å²) in [5.74, 6) is -0.0707. The number of benzene rings is 1. The van der Waals surface area contributed by atoms with E-state index in [0.717, 1.165) is 30.9 Å². The second kappa shape index (κ2) is 3.89. The quantitative estimate of drug-likeness (QED) is 0.727. The number of carbonyl (C=O) groups excluding carboxylic acids is 1. The van der Waals surface area contributed by atoms with E-state index < -0.39 is 0 Å². The largest absolute Gasteiger partial charge is 0.348 e. The number of nitrogens with one attached hydrogen (secondary N) is 2. The summed E-state index contributed by atoms with van der Waals surface area (Å²) >= 11 is 6.23. The van der Waals surface area contributed by atoms with E-state index in [1.54, 1.807) is 0 Å². The van der Waals surface area contributed by atoms with Crippen molar-refractivity contribution >= 4 is 23.2 Å². The second-order valence-corrected chi connectivity index (χ2v) is 4.86. The van der Waals surface area contributed by atoms with Gasteiger partial charge in [-0.1, -0.05) is 17.7 Å². The third-order valence-corrected chi connectivity index (χ3v) is 3.88. The van der Waals surface area contributed by atoms with Crippen LogP contribution in [0, 0.1) is 6.92 Å². The minimum absolute atomic E-state index is 0.0440. The van der Waals surface area contributed by atoms with E-state index in [2.05, 4.69) is 15.5 Å². The van der Waals surface area contributed by atoms with Crippen molar-refractivity contribution < 1.29 is 4.79 Å². The average Bonchev–Trinajstić information content (AvgIpc) is 2.33. The van der Waals surface area contributed by atoms with Gasteiger partial charge in [0.05, 0.1) is 16.3 Å². The van der Waals surface area contributed by atoms with Crippen molar-refractivity contribution in [2.24, 2.45) is 0 Å². The van der Waals surface area contributed by atoms with Crippen LogP contribution in [0.2, 0.25) is 5.02 Å². The number of anilines is 1. The highest BCUT2D eigenvalue weighted by atomic mass is 35.5. The van der Waals surface area contributed by atoms with Crippen LogP contribution >= 0.6 is 11.6 Å². The fraction of sp³-hybridized carbons (Fsp3) is 0.417. The van der Waals surface area contributed by atoms with Crippen LogP contribution in [0.1, 0.15) is 15.9 Å².